The van der Waals surface area contributed by atoms with Crippen LogP contribution in [0.1, 0.15) is 31.4 Å². The van der Waals surface area contributed by atoms with E-state index in [-0.39, 0.29) is 0 Å². The first-order valence-electron chi connectivity index (χ1n) is 8.72. The van der Waals surface area contributed by atoms with Gasteiger partial charge in [0.1, 0.15) is 18.0 Å². The van der Waals surface area contributed by atoms with Crippen molar-refractivity contribution in [3.63, 3.8) is 0 Å². The topological polar surface area (TPSA) is 53.1 Å². The van der Waals surface area contributed by atoms with E-state index in [0.717, 1.165) is 44.0 Å². The number of para-hydroxylation sites is 1. The smallest absolute Gasteiger partial charge is 0.135 e. The van der Waals surface area contributed by atoms with Crippen molar-refractivity contribution in [2.75, 3.05) is 37.8 Å². The second-order valence-electron chi connectivity index (χ2n) is 6.16. The average Bonchev–Trinajstić information content (AvgIpc) is 2.59. The largest absolute Gasteiger partial charge is 0.370 e. The molecular formula is C19H29N5. The van der Waals surface area contributed by atoms with Gasteiger partial charge < -0.3 is 15.5 Å². The lowest BCUT2D eigenvalue weighted by molar-refractivity contribution is 0.405. The van der Waals surface area contributed by atoms with Gasteiger partial charge in [0.15, 0.2) is 0 Å². The van der Waals surface area contributed by atoms with Gasteiger partial charge in [-0.05, 0) is 51.0 Å². The van der Waals surface area contributed by atoms with Gasteiger partial charge in [0.05, 0.1) is 0 Å². The van der Waals surface area contributed by atoms with Gasteiger partial charge in [-0.25, -0.2) is 9.97 Å². The van der Waals surface area contributed by atoms with Gasteiger partial charge in [-0.15, -0.1) is 0 Å². The Bertz CT molecular complexity index is 617. The van der Waals surface area contributed by atoms with E-state index in [4.69, 9.17) is 0 Å². The quantitative estimate of drug-likeness (QED) is 0.688. The maximum Gasteiger partial charge on any atom is 0.135 e. The van der Waals surface area contributed by atoms with E-state index in [0.29, 0.717) is 0 Å². The molecule has 5 heteroatoms. The van der Waals surface area contributed by atoms with Crippen LogP contribution in [-0.2, 0) is 12.8 Å². The van der Waals surface area contributed by atoms with Crippen LogP contribution in [0.4, 0.5) is 17.3 Å². The van der Waals surface area contributed by atoms with Crippen molar-refractivity contribution in [3.8, 4) is 0 Å². The molecule has 0 aliphatic rings. The van der Waals surface area contributed by atoms with Crippen molar-refractivity contribution in [2.24, 2.45) is 0 Å². The van der Waals surface area contributed by atoms with Crippen molar-refractivity contribution < 1.29 is 0 Å². The van der Waals surface area contributed by atoms with Crippen LogP contribution in [0.3, 0.4) is 0 Å². The number of benzene rings is 1. The fourth-order valence-corrected chi connectivity index (χ4v) is 2.67. The first kappa shape index (κ1) is 18.2. The fraction of sp³-hybridized carbons (Fsp3) is 0.474. The van der Waals surface area contributed by atoms with Gasteiger partial charge in [0.25, 0.3) is 0 Å². The predicted octanol–water partition coefficient (Wildman–Crippen LogP) is 3.71. The minimum Gasteiger partial charge on any atom is -0.370 e. The maximum absolute atomic E-state index is 4.37. The first-order valence-corrected chi connectivity index (χ1v) is 8.72. The lowest BCUT2D eigenvalue weighted by atomic mass is 10.0. The molecule has 2 N–H and O–H groups in total. The zero-order valence-corrected chi connectivity index (χ0v) is 15.3. The molecule has 0 spiro atoms. The van der Waals surface area contributed by atoms with Crippen LogP contribution in [0.15, 0.2) is 30.6 Å². The summed E-state index contributed by atoms with van der Waals surface area (Å²) in [6, 6.07) is 8.44. The molecule has 0 bridgehead atoms. The molecule has 2 rings (SSSR count). The van der Waals surface area contributed by atoms with Crippen molar-refractivity contribution in [2.45, 2.75) is 33.1 Å². The Morgan fingerprint density at radius 1 is 1.00 bits per heavy atom. The predicted molar refractivity (Wildman–Crippen MR) is 102 cm³/mol. The van der Waals surface area contributed by atoms with Crippen LogP contribution >= 0.6 is 0 Å². The van der Waals surface area contributed by atoms with E-state index in [1.54, 1.807) is 6.33 Å². The lowest BCUT2D eigenvalue weighted by Crippen LogP contribution is -2.16. The monoisotopic (exact) mass is 327 g/mol. The minimum atomic E-state index is 0.829. The number of aryl methyl sites for hydroxylation is 2. The summed E-state index contributed by atoms with van der Waals surface area (Å²) in [7, 11) is 4.17. The highest BCUT2D eigenvalue weighted by atomic mass is 15.1. The Hall–Kier alpha value is -2.14. The highest BCUT2D eigenvalue weighted by Gasteiger charge is 2.08. The van der Waals surface area contributed by atoms with Gasteiger partial charge in [-0.3, -0.25) is 0 Å². The Kier molecular flexibility index (Phi) is 7.00. The zero-order valence-electron chi connectivity index (χ0n) is 15.3. The molecule has 0 atom stereocenters. The summed E-state index contributed by atoms with van der Waals surface area (Å²) < 4.78 is 0. The van der Waals surface area contributed by atoms with E-state index in [9.17, 15) is 0 Å². The number of aromatic nitrogens is 2. The van der Waals surface area contributed by atoms with Gasteiger partial charge in [0, 0.05) is 18.3 Å². The van der Waals surface area contributed by atoms with E-state index in [1.807, 2.05) is 6.07 Å². The molecule has 24 heavy (non-hydrogen) atoms. The van der Waals surface area contributed by atoms with Crippen molar-refractivity contribution in [1.82, 2.24) is 14.9 Å². The molecule has 0 saturated heterocycles. The van der Waals surface area contributed by atoms with Crippen LogP contribution in [0.2, 0.25) is 0 Å². The summed E-state index contributed by atoms with van der Waals surface area (Å²) in [5.74, 6) is 1.69. The van der Waals surface area contributed by atoms with Crippen molar-refractivity contribution in [1.29, 1.82) is 0 Å². The number of hydrogen-bond acceptors (Lipinski definition) is 5. The van der Waals surface area contributed by atoms with Crippen LogP contribution < -0.4 is 10.6 Å². The molecule has 0 fully saturated rings. The van der Waals surface area contributed by atoms with Gasteiger partial charge in [-0.1, -0.05) is 32.0 Å². The molecule has 1 aromatic heterocycles. The molecule has 5 nitrogen and oxygen atoms in total. The Labute approximate surface area is 145 Å². The number of nitrogens with one attached hydrogen (secondary N) is 2. The number of hydrogen-bond donors (Lipinski definition) is 2. The molecule has 0 amide bonds. The Morgan fingerprint density at radius 3 is 2.29 bits per heavy atom. The van der Waals surface area contributed by atoms with Crippen molar-refractivity contribution >= 4 is 17.3 Å². The maximum atomic E-state index is 4.37. The molecule has 130 valence electrons. The molecular weight excluding hydrogens is 298 g/mol. The van der Waals surface area contributed by atoms with Crippen LogP contribution in [0.25, 0.3) is 0 Å². The third-order valence-electron chi connectivity index (χ3n) is 4.01. The summed E-state index contributed by atoms with van der Waals surface area (Å²) in [6.07, 6.45) is 4.68. The van der Waals surface area contributed by atoms with Crippen molar-refractivity contribution in [3.05, 3.63) is 41.7 Å². The SMILES string of the molecule is CCc1cccc(CC)c1Nc1cc(NCCCN(C)C)ncn1. The molecule has 0 aliphatic carbocycles. The molecule has 1 aromatic carbocycles. The van der Waals surface area contributed by atoms with Gasteiger partial charge in [0.2, 0.25) is 0 Å². The van der Waals surface area contributed by atoms with Gasteiger partial charge >= 0.3 is 0 Å². The highest BCUT2D eigenvalue weighted by Crippen LogP contribution is 2.26. The normalized spacial score (nSPS) is 10.9. The molecule has 0 saturated carbocycles. The summed E-state index contributed by atoms with van der Waals surface area (Å²) in [5, 5.41) is 6.86. The third-order valence-corrected chi connectivity index (χ3v) is 4.01. The number of anilines is 3. The van der Waals surface area contributed by atoms with E-state index in [1.165, 1.54) is 16.8 Å². The number of nitrogens with zero attached hydrogens (tertiary/aromatic N) is 3. The fourth-order valence-electron chi connectivity index (χ4n) is 2.67. The minimum absolute atomic E-state index is 0.829. The summed E-state index contributed by atoms with van der Waals surface area (Å²) >= 11 is 0. The number of rotatable bonds is 9. The molecule has 0 aliphatic heterocycles. The second kappa shape index (κ2) is 9.23. The summed E-state index contributed by atoms with van der Waals surface area (Å²) in [4.78, 5) is 10.9. The van der Waals surface area contributed by atoms with Crippen LogP contribution in [0.5, 0.6) is 0 Å². The molecule has 2 aromatic rings. The summed E-state index contributed by atoms with van der Waals surface area (Å²) in [5.41, 5.74) is 3.81. The third kappa shape index (κ3) is 5.20. The molecule has 0 unspecified atom stereocenters. The second-order valence-corrected chi connectivity index (χ2v) is 6.16. The first-order chi connectivity index (χ1) is 11.6. The molecule has 1 heterocycles. The summed E-state index contributed by atoms with van der Waals surface area (Å²) in [6.45, 7) is 6.32. The van der Waals surface area contributed by atoms with E-state index >= 15 is 0 Å². The highest BCUT2D eigenvalue weighted by molar-refractivity contribution is 5.66. The lowest BCUT2D eigenvalue weighted by Gasteiger charge is -2.15. The standard InChI is InChI=1S/C19H29N5/c1-5-15-9-7-10-16(6-2)19(15)23-18-13-17(21-14-22-18)20-11-8-12-24(3)4/h7,9-10,13-14H,5-6,8,11-12H2,1-4H3,(H2,20,21,22,23). The van der Waals surface area contributed by atoms with Gasteiger partial charge in [-0.2, -0.15) is 0 Å². The Morgan fingerprint density at radius 2 is 1.67 bits per heavy atom. The Balaban J connectivity index is 2.07. The average molecular weight is 327 g/mol. The zero-order chi connectivity index (χ0) is 17.4. The van der Waals surface area contributed by atoms with E-state index in [2.05, 4.69) is 71.6 Å². The van der Waals surface area contributed by atoms with E-state index < -0.39 is 0 Å². The van der Waals surface area contributed by atoms with Crippen LogP contribution in [0, 0.1) is 0 Å². The van der Waals surface area contributed by atoms with Crippen LogP contribution in [-0.4, -0.2) is 42.1 Å². The molecule has 0 radical (unpaired) electrons.